The van der Waals surface area contributed by atoms with Crippen LogP contribution in [-0.4, -0.2) is 29.0 Å². The van der Waals surface area contributed by atoms with Gasteiger partial charge in [0.1, 0.15) is 5.65 Å². The highest BCUT2D eigenvalue weighted by molar-refractivity contribution is 5.56. The molecule has 4 nitrogen and oxygen atoms in total. The quantitative estimate of drug-likeness (QED) is 0.938. The number of hydrogen-bond donors (Lipinski definition) is 1. The van der Waals surface area contributed by atoms with E-state index >= 15 is 0 Å². The van der Waals surface area contributed by atoms with Crippen LogP contribution in [0, 0.1) is 11.8 Å². The summed E-state index contributed by atoms with van der Waals surface area (Å²) in [7, 11) is 0. The SMILES string of the molecule is CCNCc1c(N2CCC(C)C(C)C2)nc2ccccn12. The van der Waals surface area contributed by atoms with Crippen LogP contribution in [0.1, 0.15) is 32.9 Å². The van der Waals surface area contributed by atoms with Crippen LogP contribution in [0.5, 0.6) is 0 Å². The second kappa shape index (κ2) is 6.06. The smallest absolute Gasteiger partial charge is 0.152 e. The van der Waals surface area contributed by atoms with E-state index in [9.17, 15) is 0 Å². The number of hydrogen-bond acceptors (Lipinski definition) is 3. The second-order valence-corrected chi connectivity index (χ2v) is 6.28. The number of pyridine rings is 1. The van der Waals surface area contributed by atoms with Gasteiger partial charge in [-0.1, -0.05) is 26.8 Å². The summed E-state index contributed by atoms with van der Waals surface area (Å²) in [5.41, 5.74) is 2.33. The standard InChI is InChI=1S/C17H26N4/c1-4-18-11-15-17(19-16-7-5-6-9-21(15)16)20-10-8-13(2)14(3)12-20/h5-7,9,13-14,18H,4,8,10-12H2,1-3H3. The molecule has 4 heteroatoms. The zero-order valence-corrected chi connectivity index (χ0v) is 13.3. The van der Waals surface area contributed by atoms with Crippen molar-refractivity contribution in [1.82, 2.24) is 14.7 Å². The molecule has 0 amide bonds. The summed E-state index contributed by atoms with van der Waals surface area (Å²) in [6.45, 7) is 11.0. The molecule has 1 aliphatic heterocycles. The number of aromatic nitrogens is 2. The third kappa shape index (κ3) is 2.77. The van der Waals surface area contributed by atoms with Crippen molar-refractivity contribution >= 4 is 11.5 Å². The first-order chi connectivity index (χ1) is 10.2. The van der Waals surface area contributed by atoms with Gasteiger partial charge in [-0.05, 0) is 36.9 Å². The highest BCUT2D eigenvalue weighted by Gasteiger charge is 2.26. The van der Waals surface area contributed by atoms with Crippen molar-refractivity contribution in [3.8, 4) is 0 Å². The fourth-order valence-electron chi connectivity index (χ4n) is 3.15. The maximum atomic E-state index is 4.90. The predicted octanol–water partition coefficient (Wildman–Crippen LogP) is 2.93. The first-order valence-corrected chi connectivity index (χ1v) is 8.12. The summed E-state index contributed by atoms with van der Waals surface area (Å²) >= 11 is 0. The van der Waals surface area contributed by atoms with Crippen LogP contribution in [0.2, 0.25) is 0 Å². The van der Waals surface area contributed by atoms with Gasteiger partial charge in [0.25, 0.3) is 0 Å². The predicted molar refractivity (Wildman–Crippen MR) is 87.7 cm³/mol. The van der Waals surface area contributed by atoms with Gasteiger partial charge < -0.3 is 14.6 Å². The molecule has 2 aromatic rings. The fraction of sp³-hybridized carbons (Fsp3) is 0.588. The molecule has 1 N–H and O–H groups in total. The highest BCUT2D eigenvalue weighted by atomic mass is 15.2. The molecule has 1 saturated heterocycles. The molecule has 2 aromatic heterocycles. The minimum atomic E-state index is 0.732. The number of nitrogens with one attached hydrogen (secondary N) is 1. The van der Waals surface area contributed by atoms with Crippen LogP contribution in [0.4, 0.5) is 5.82 Å². The van der Waals surface area contributed by atoms with Gasteiger partial charge in [-0.25, -0.2) is 4.98 Å². The van der Waals surface area contributed by atoms with Gasteiger partial charge in [0.15, 0.2) is 5.82 Å². The van der Waals surface area contributed by atoms with Crippen molar-refractivity contribution in [2.75, 3.05) is 24.5 Å². The maximum absolute atomic E-state index is 4.90. The average molecular weight is 286 g/mol. The van der Waals surface area contributed by atoms with Crippen LogP contribution < -0.4 is 10.2 Å². The number of nitrogens with zero attached hydrogens (tertiary/aromatic N) is 3. The van der Waals surface area contributed by atoms with E-state index in [-0.39, 0.29) is 0 Å². The lowest BCUT2D eigenvalue weighted by Crippen LogP contribution is -2.39. The summed E-state index contributed by atoms with van der Waals surface area (Å²) < 4.78 is 2.22. The van der Waals surface area contributed by atoms with Crippen LogP contribution >= 0.6 is 0 Å². The Morgan fingerprint density at radius 1 is 1.29 bits per heavy atom. The van der Waals surface area contributed by atoms with Crippen molar-refractivity contribution in [3.63, 3.8) is 0 Å². The van der Waals surface area contributed by atoms with Crippen LogP contribution in [-0.2, 0) is 6.54 Å². The molecule has 2 atom stereocenters. The Morgan fingerprint density at radius 3 is 2.90 bits per heavy atom. The van der Waals surface area contributed by atoms with E-state index < -0.39 is 0 Å². The topological polar surface area (TPSA) is 32.6 Å². The Morgan fingerprint density at radius 2 is 2.14 bits per heavy atom. The third-order valence-corrected chi connectivity index (χ3v) is 4.78. The third-order valence-electron chi connectivity index (χ3n) is 4.78. The molecular weight excluding hydrogens is 260 g/mol. The van der Waals surface area contributed by atoms with Crippen LogP contribution in [0.3, 0.4) is 0 Å². The summed E-state index contributed by atoms with van der Waals surface area (Å²) in [5.74, 6) is 2.71. The van der Waals surface area contributed by atoms with Crippen molar-refractivity contribution in [3.05, 3.63) is 30.1 Å². The maximum Gasteiger partial charge on any atom is 0.152 e. The summed E-state index contributed by atoms with van der Waals surface area (Å²) in [5, 5.41) is 3.45. The second-order valence-electron chi connectivity index (χ2n) is 6.28. The lowest BCUT2D eigenvalue weighted by molar-refractivity contribution is 0.322. The fourth-order valence-corrected chi connectivity index (χ4v) is 3.15. The molecule has 0 aliphatic carbocycles. The molecule has 1 fully saturated rings. The minimum absolute atomic E-state index is 0.732. The molecule has 0 radical (unpaired) electrons. The van der Waals surface area contributed by atoms with E-state index in [1.807, 2.05) is 0 Å². The lowest BCUT2D eigenvalue weighted by atomic mass is 9.89. The molecule has 0 aromatic carbocycles. The van der Waals surface area contributed by atoms with E-state index in [0.717, 1.165) is 43.7 Å². The molecule has 0 spiro atoms. The number of imidazole rings is 1. The minimum Gasteiger partial charge on any atom is -0.355 e. The Bertz CT molecular complexity index is 604. The Hall–Kier alpha value is -1.55. The van der Waals surface area contributed by atoms with Gasteiger partial charge in [0.05, 0.1) is 5.69 Å². The Labute approximate surface area is 127 Å². The van der Waals surface area contributed by atoms with E-state index in [1.165, 1.54) is 17.9 Å². The number of piperidine rings is 1. The molecule has 3 heterocycles. The summed E-state index contributed by atoms with van der Waals surface area (Å²) in [4.78, 5) is 7.37. The van der Waals surface area contributed by atoms with Crippen LogP contribution in [0.25, 0.3) is 5.65 Å². The van der Waals surface area contributed by atoms with E-state index in [0.29, 0.717) is 0 Å². The number of fused-ring (bicyclic) bond motifs is 1. The normalized spacial score (nSPS) is 22.9. The van der Waals surface area contributed by atoms with E-state index in [4.69, 9.17) is 4.98 Å². The van der Waals surface area contributed by atoms with Crippen molar-refractivity contribution < 1.29 is 0 Å². The van der Waals surface area contributed by atoms with Gasteiger partial charge in [-0.15, -0.1) is 0 Å². The van der Waals surface area contributed by atoms with Gasteiger partial charge in [0, 0.05) is 25.8 Å². The summed E-state index contributed by atoms with van der Waals surface area (Å²) in [6.07, 6.45) is 3.38. The molecular formula is C17H26N4. The van der Waals surface area contributed by atoms with Crippen molar-refractivity contribution in [1.29, 1.82) is 0 Å². The molecule has 21 heavy (non-hydrogen) atoms. The molecule has 114 valence electrons. The first-order valence-electron chi connectivity index (χ1n) is 8.12. The van der Waals surface area contributed by atoms with Crippen molar-refractivity contribution in [2.45, 2.75) is 33.7 Å². The number of rotatable bonds is 4. The van der Waals surface area contributed by atoms with Crippen molar-refractivity contribution in [2.24, 2.45) is 11.8 Å². The molecule has 3 rings (SSSR count). The monoisotopic (exact) mass is 286 g/mol. The zero-order valence-electron chi connectivity index (χ0n) is 13.3. The summed E-state index contributed by atoms with van der Waals surface area (Å²) in [6, 6.07) is 6.23. The van der Waals surface area contributed by atoms with Gasteiger partial charge >= 0.3 is 0 Å². The molecule has 0 saturated carbocycles. The van der Waals surface area contributed by atoms with E-state index in [1.54, 1.807) is 0 Å². The van der Waals surface area contributed by atoms with Gasteiger partial charge in [-0.2, -0.15) is 0 Å². The highest BCUT2D eigenvalue weighted by Crippen LogP contribution is 2.29. The Kier molecular flexibility index (Phi) is 4.15. The van der Waals surface area contributed by atoms with Gasteiger partial charge in [0.2, 0.25) is 0 Å². The average Bonchev–Trinajstić information content (AvgIpc) is 2.86. The molecule has 1 aliphatic rings. The molecule has 0 bridgehead atoms. The van der Waals surface area contributed by atoms with Crippen LogP contribution in [0.15, 0.2) is 24.4 Å². The molecule has 2 unspecified atom stereocenters. The van der Waals surface area contributed by atoms with Gasteiger partial charge in [-0.3, -0.25) is 0 Å². The first kappa shape index (κ1) is 14.4. The Balaban J connectivity index is 1.96. The van der Waals surface area contributed by atoms with E-state index in [2.05, 4.69) is 59.8 Å². The zero-order chi connectivity index (χ0) is 14.8. The lowest BCUT2D eigenvalue weighted by Gasteiger charge is -2.36. The largest absolute Gasteiger partial charge is 0.355 e. The number of anilines is 1.